The van der Waals surface area contributed by atoms with Crippen molar-refractivity contribution < 1.29 is 14.2 Å². The summed E-state index contributed by atoms with van der Waals surface area (Å²) in [5.74, 6) is 1.60. The number of aryl methyl sites for hydroxylation is 1. The Labute approximate surface area is 139 Å². The average Bonchev–Trinajstić information content (AvgIpc) is 2.92. The van der Waals surface area contributed by atoms with Crippen molar-refractivity contribution in [3.05, 3.63) is 29.3 Å². The zero-order valence-corrected chi connectivity index (χ0v) is 14.3. The van der Waals surface area contributed by atoms with E-state index in [0.29, 0.717) is 12.0 Å². The van der Waals surface area contributed by atoms with E-state index in [2.05, 4.69) is 25.1 Å². The largest absolute Gasteiger partial charge is 0.497 e. The monoisotopic (exact) mass is 316 g/mol. The lowest BCUT2D eigenvalue weighted by Gasteiger charge is -2.42. The molecule has 0 N–H and O–H groups in total. The van der Waals surface area contributed by atoms with Crippen molar-refractivity contribution >= 4 is 0 Å². The number of benzene rings is 1. The maximum absolute atomic E-state index is 6.44. The van der Waals surface area contributed by atoms with Gasteiger partial charge in [0, 0.05) is 12.0 Å². The second-order valence-electron chi connectivity index (χ2n) is 7.62. The fourth-order valence-corrected chi connectivity index (χ4v) is 4.94. The summed E-state index contributed by atoms with van der Waals surface area (Å²) in [6, 6.07) is 6.63. The predicted molar refractivity (Wildman–Crippen MR) is 89.9 cm³/mol. The van der Waals surface area contributed by atoms with Crippen molar-refractivity contribution in [2.24, 2.45) is 5.41 Å². The van der Waals surface area contributed by atoms with Crippen LogP contribution >= 0.6 is 0 Å². The zero-order chi connectivity index (χ0) is 15.9. The summed E-state index contributed by atoms with van der Waals surface area (Å²) in [6.07, 6.45) is 8.57. The van der Waals surface area contributed by atoms with Crippen molar-refractivity contribution in [3.8, 4) is 5.75 Å². The molecule has 1 heterocycles. The zero-order valence-electron chi connectivity index (χ0n) is 14.3. The lowest BCUT2D eigenvalue weighted by molar-refractivity contribution is -0.207. The highest BCUT2D eigenvalue weighted by Gasteiger charge is 2.50. The Bertz CT molecular complexity index is 564. The van der Waals surface area contributed by atoms with Gasteiger partial charge in [-0.2, -0.15) is 0 Å². The van der Waals surface area contributed by atoms with E-state index < -0.39 is 0 Å². The van der Waals surface area contributed by atoms with Gasteiger partial charge in [0.05, 0.1) is 13.2 Å². The van der Waals surface area contributed by atoms with Gasteiger partial charge < -0.3 is 14.2 Å². The van der Waals surface area contributed by atoms with Crippen molar-refractivity contribution in [2.75, 3.05) is 13.7 Å². The summed E-state index contributed by atoms with van der Waals surface area (Å²) in [7, 11) is 1.75. The molecule has 3 nitrogen and oxygen atoms in total. The smallest absolute Gasteiger partial charge is 0.157 e. The van der Waals surface area contributed by atoms with Crippen LogP contribution in [0.4, 0.5) is 0 Å². The maximum atomic E-state index is 6.44. The van der Waals surface area contributed by atoms with Gasteiger partial charge in [0.1, 0.15) is 5.75 Å². The molecule has 2 aliphatic carbocycles. The van der Waals surface area contributed by atoms with Gasteiger partial charge >= 0.3 is 0 Å². The van der Waals surface area contributed by atoms with Crippen LogP contribution in [0.15, 0.2) is 18.2 Å². The van der Waals surface area contributed by atoms with E-state index >= 15 is 0 Å². The molecule has 1 unspecified atom stereocenters. The maximum Gasteiger partial charge on any atom is 0.157 e. The number of fused-ring (bicyclic) bond motifs is 3. The molecule has 1 aromatic rings. The van der Waals surface area contributed by atoms with Crippen molar-refractivity contribution in [3.63, 3.8) is 0 Å². The highest BCUT2D eigenvalue weighted by molar-refractivity contribution is 5.41. The van der Waals surface area contributed by atoms with Crippen LogP contribution in [-0.2, 0) is 15.9 Å². The number of hydrogen-bond donors (Lipinski definition) is 0. The molecule has 3 heteroatoms. The summed E-state index contributed by atoms with van der Waals surface area (Å²) in [5, 5.41) is 0. The first-order valence-corrected chi connectivity index (χ1v) is 9.14. The van der Waals surface area contributed by atoms with Crippen LogP contribution in [0.2, 0.25) is 0 Å². The average molecular weight is 316 g/mol. The van der Waals surface area contributed by atoms with E-state index in [1.807, 2.05) is 0 Å². The van der Waals surface area contributed by atoms with Crippen LogP contribution in [0.5, 0.6) is 5.75 Å². The third-order valence-electron chi connectivity index (χ3n) is 6.36. The molecule has 0 bridgehead atoms. The first-order valence-electron chi connectivity index (χ1n) is 9.14. The standard InChI is InChI=1S/C20H28O3/c1-20-11-10-14-13-15(21-2)6-7-16(14)17(20)8-9-18(20)23-19-5-3-4-12-22-19/h6-7,13,17-19H,3-5,8-12H2,1-2H3/t17-,18-,19?,20-/m1/s1. The molecular formula is C20H28O3. The minimum absolute atomic E-state index is 0.0292. The molecule has 1 aromatic carbocycles. The predicted octanol–water partition coefficient (Wildman–Crippen LogP) is 4.44. The first kappa shape index (κ1) is 15.5. The van der Waals surface area contributed by atoms with E-state index in [-0.39, 0.29) is 11.7 Å². The highest BCUT2D eigenvalue weighted by Crippen LogP contribution is 2.57. The quantitative estimate of drug-likeness (QED) is 0.825. The van der Waals surface area contributed by atoms with E-state index in [4.69, 9.17) is 14.2 Å². The summed E-state index contributed by atoms with van der Waals surface area (Å²) in [4.78, 5) is 0. The molecule has 126 valence electrons. The van der Waals surface area contributed by atoms with Crippen LogP contribution in [-0.4, -0.2) is 26.1 Å². The van der Waals surface area contributed by atoms with Crippen LogP contribution in [0.3, 0.4) is 0 Å². The molecule has 4 rings (SSSR count). The minimum atomic E-state index is 0.0292. The molecule has 4 atom stereocenters. The van der Waals surface area contributed by atoms with Crippen molar-refractivity contribution in [2.45, 2.75) is 70.2 Å². The van der Waals surface area contributed by atoms with Crippen LogP contribution in [0.1, 0.15) is 62.5 Å². The number of ether oxygens (including phenoxy) is 3. The lowest BCUT2D eigenvalue weighted by Crippen LogP contribution is -2.40. The summed E-state index contributed by atoms with van der Waals surface area (Å²) in [5.41, 5.74) is 3.25. The lowest BCUT2D eigenvalue weighted by atomic mass is 9.66. The topological polar surface area (TPSA) is 27.7 Å². The van der Waals surface area contributed by atoms with E-state index in [1.165, 1.54) is 36.8 Å². The third kappa shape index (κ3) is 2.68. The van der Waals surface area contributed by atoms with Gasteiger partial charge in [-0.1, -0.05) is 13.0 Å². The fraction of sp³-hybridized carbons (Fsp3) is 0.700. The second-order valence-corrected chi connectivity index (χ2v) is 7.62. The van der Waals surface area contributed by atoms with Crippen LogP contribution in [0.25, 0.3) is 0 Å². The molecule has 1 saturated heterocycles. The molecule has 1 saturated carbocycles. The number of rotatable bonds is 3. The minimum Gasteiger partial charge on any atom is -0.497 e. The van der Waals surface area contributed by atoms with Crippen LogP contribution < -0.4 is 4.74 Å². The van der Waals surface area contributed by atoms with E-state index in [9.17, 15) is 0 Å². The van der Waals surface area contributed by atoms with Gasteiger partial charge in [-0.15, -0.1) is 0 Å². The Morgan fingerprint density at radius 1 is 1.17 bits per heavy atom. The highest BCUT2D eigenvalue weighted by atomic mass is 16.7. The van der Waals surface area contributed by atoms with Gasteiger partial charge in [-0.25, -0.2) is 0 Å². The van der Waals surface area contributed by atoms with Crippen LogP contribution in [0, 0.1) is 5.41 Å². The molecule has 2 fully saturated rings. The number of methoxy groups -OCH3 is 1. The Balaban J connectivity index is 1.54. The Kier molecular flexibility index (Phi) is 4.10. The summed E-state index contributed by atoms with van der Waals surface area (Å²) < 4.78 is 17.7. The Hall–Kier alpha value is -1.06. The van der Waals surface area contributed by atoms with Crippen molar-refractivity contribution in [1.82, 2.24) is 0 Å². The molecule has 0 aromatic heterocycles. The second kappa shape index (κ2) is 6.10. The van der Waals surface area contributed by atoms with Gasteiger partial charge in [0.2, 0.25) is 0 Å². The third-order valence-corrected chi connectivity index (χ3v) is 6.36. The normalized spacial score (nSPS) is 36.3. The fourth-order valence-electron chi connectivity index (χ4n) is 4.94. The van der Waals surface area contributed by atoms with Gasteiger partial charge in [0.15, 0.2) is 6.29 Å². The molecule has 1 aliphatic heterocycles. The van der Waals surface area contributed by atoms with Gasteiger partial charge in [0.25, 0.3) is 0 Å². The molecule has 3 aliphatic rings. The van der Waals surface area contributed by atoms with Gasteiger partial charge in [-0.3, -0.25) is 0 Å². The summed E-state index contributed by atoms with van der Waals surface area (Å²) >= 11 is 0. The van der Waals surface area contributed by atoms with E-state index in [1.54, 1.807) is 7.11 Å². The van der Waals surface area contributed by atoms with Gasteiger partial charge in [-0.05, 0) is 74.1 Å². The molecular weight excluding hydrogens is 288 g/mol. The summed E-state index contributed by atoms with van der Waals surface area (Å²) in [6.45, 7) is 3.30. The molecule has 0 amide bonds. The van der Waals surface area contributed by atoms with E-state index in [0.717, 1.165) is 31.6 Å². The molecule has 23 heavy (non-hydrogen) atoms. The van der Waals surface area contributed by atoms with Crippen molar-refractivity contribution in [1.29, 1.82) is 0 Å². The number of hydrogen-bond acceptors (Lipinski definition) is 3. The Morgan fingerprint density at radius 2 is 2.09 bits per heavy atom. The molecule has 0 spiro atoms. The first-order chi connectivity index (χ1) is 11.2. The SMILES string of the molecule is COc1ccc2c(c1)CC[C@]1(C)[C@@H]2CC[C@H]1OC1CCCCO1. The molecule has 0 radical (unpaired) electrons. The Morgan fingerprint density at radius 3 is 2.87 bits per heavy atom.